The van der Waals surface area contributed by atoms with Crippen LogP contribution in [0.2, 0.25) is 0 Å². The van der Waals surface area contributed by atoms with E-state index in [4.69, 9.17) is 0 Å². The van der Waals surface area contributed by atoms with Gasteiger partial charge in [-0.3, -0.25) is 4.79 Å². The molecule has 1 unspecified atom stereocenters. The number of hydrogen-bond donors (Lipinski definition) is 0. The highest BCUT2D eigenvalue weighted by Gasteiger charge is 2.29. The fourth-order valence-corrected chi connectivity index (χ4v) is 3.95. The fraction of sp³-hybridized carbons (Fsp3) is 0.526. The molecule has 0 spiro atoms. The quantitative estimate of drug-likeness (QED) is 0.853. The van der Waals surface area contributed by atoms with Gasteiger partial charge < -0.3 is 9.47 Å². The molecule has 4 rings (SSSR count). The minimum atomic E-state index is 0.135. The van der Waals surface area contributed by atoms with Crippen LogP contribution in [-0.4, -0.2) is 38.7 Å². The summed E-state index contributed by atoms with van der Waals surface area (Å²) in [6.45, 7) is 2.62. The van der Waals surface area contributed by atoms with E-state index in [0.29, 0.717) is 5.92 Å². The number of rotatable bonds is 2. The van der Waals surface area contributed by atoms with Crippen molar-refractivity contribution in [1.82, 2.24) is 19.7 Å². The zero-order valence-electron chi connectivity index (χ0n) is 14.0. The molecule has 24 heavy (non-hydrogen) atoms. The average molecular weight is 324 g/mol. The van der Waals surface area contributed by atoms with Crippen molar-refractivity contribution in [3.63, 3.8) is 0 Å². The maximum absolute atomic E-state index is 12.7. The number of piperidine rings is 1. The highest BCUT2D eigenvalue weighted by Crippen LogP contribution is 2.28. The zero-order valence-corrected chi connectivity index (χ0v) is 14.0. The number of amides is 1. The van der Waals surface area contributed by atoms with Gasteiger partial charge in [-0.15, -0.1) is 10.2 Å². The molecule has 1 fully saturated rings. The lowest BCUT2D eigenvalue weighted by atomic mass is 9.96. The Labute approximate surface area is 142 Å². The fourth-order valence-electron chi connectivity index (χ4n) is 3.95. The summed E-state index contributed by atoms with van der Waals surface area (Å²) in [5.74, 6) is 2.67. The SMILES string of the molecule is O=C(c1ccccc1)N1CCCC(c2nnc3n2CCCCC3)C1. The molecular weight excluding hydrogens is 300 g/mol. The number of fused-ring (bicyclic) bond motifs is 1. The standard InChI is InChI=1S/C19H24N4O/c24-19(15-8-3-1-4-9-15)22-12-7-10-16(14-22)18-21-20-17-11-5-2-6-13-23(17)18/h1,3-4,8-9,16H,2,5-7,10-14H2. The number of aromatic nitrogens is 3. The van der Waals surface area contributed by atoms with Gasteiger partial charge >= 0.3 is 0 Å². The summed E-state index contributed by atoms with van der Waals surface area (Å²) in [5, 5.41) is 8.93. The van der Waals surface area contributed by atoms with Crippen LogP contribution in [0, 0.1) is 0 Å². The lowest BCUT2D eigenvalue weighted by Crippen LogP contribution is -2.39. The summed E-state index contributed by atoms with van der Waals surface area (Å²) in [6.07, 6.45) is 6.85. The minimum absolute atomic E-state index is 0.135. The van der Waals surface area contributed by atoms with E-state index in [1.54, 1.807) is 0 Å². The number of benzene rings is 1. The highest BCUT2D eigenvalue weighted by molar-refractivity contribution is 5.94. The molecule has 1 saturated heterocycles. The third-order valence-electron chi connectivity index (χ3n) is 5.23. The van der Waals surface area contributed by atoms with Gasteiger partial charge in [0.15, 0.2) is 0 Å². The van der Waals surface area contributed by atoms with E-state index < -0.39 is 0 Å². The lowest BCUT2D eigenvalue weighted by molar-refractivity contribution is 0.0703. The molecule has 1 atom stereocenters. The van der Waals surface area contributed by atoms with Crippen molar-refractivity contribution in [2.45, 2.75) is 51.0 Å². The van der Waals surface area contributed by atoms with E-state index in [9.17, 15) is 4.79 Å². The Morgan fingerprint density at radius 1 is 1.00 bits per heavy atom. The van der Waals surface area contributed by atoms with Crippen molar-refractivity contribution in [2.24, 2.45) is 0 Å². The molecule has 0 N–H and O–H groups in total. The summed E-state index contributed by atoms with van der Waals surface area (Å²) in [5.41, 5.74) is 0.776. The first-order valence-electron chi connectivity index (χ1n) is 9.09. The van der Waals surface area contributed by atoms with Gasteiger partial charge in [0.1, 0.15) is 11.6 Å². The third-order valence-corrected chi connectivity index (χ3v) is 5.23. The molecule has 5 nitrogen and oxygen atoms in total. The molecule has 2 aliphatic rings. The molecule has 1 aromatic heterocycles. The monoisotopic (exact) mass is 324 g/mol. The van der Waals surface area contributed by atoms with E-state index in [0.717, 1.165) is 56.1 Å². The summed E-state index contributed by atoms with van der Waals surface area (Å²) in [6, 6.07) is 9.59. The van der Waals surface area contributed by atoms with Crippen LogP contribution in [0.25, 0.3) is 0 Å². The first-order chi connectivity index (χ1) is 11.8. The summed E-state index contributed by atoms with van der Waals surface area (Å²) >= 11 is 0. The first kappa shape index (κ1) is 15.4. The van der Waals surface area contributed by atoms with E-state index in [2.05, 4.69) is 14.8 Å². The molecule has 1 aromatic carbocycles. The molecule has 126 valence electrons. The number of likely N-dealkylation sites (tertiary alicyclic amines) is 1. The number of hydrogen-bond acceptors (Lipinski definition) is 3. The average Bonchev–Trinajstić information content (AvgIpc) is 2.90. The van der Waals surface area contributed by atoms with Crippen LogP contribution < -0.4 is 0 Å². The van der Waals surface area contributed by atoms with E-state index in [1.165, 1.54) is 19.3 Å². The second-order valence-electron chi connectivity index (χ2n) is 6.89. The second-order valence-corrected chi connectivity index (χ2v) is 6.89. The molecule has 0 aliphatic carbocycles. The topological polar surface area (TPSA) is 51.0 Å². The maximum Gasteiger partial charge on any atom is 0.253 e. The molecule has 3 heterocycles. The number of aryl methyl sites for hydroxylation is 1. The van der Waals surface area contributed by atoms with Crippen LogP contribution in [0.5, 0.6) is 0 Å². The van der Waals surface area contributed by atoms with Crippen molar-refractivity contribution >= 4 is 5.91 Å². The third kappa shape index (κ3) is 2.95. The number of carbonyl (C=O) groups excluding carboxylic acids is 1. The minimum Gasteiger partial charge on any atom is -0.338 e. The normalized spacial score (nSPS) is 21.2. The second kappa shape index (κ2) is 6.75. The Morgan fingerprint density at radius 3 is 2.75 bits per heavy atom. The van der Waals surface area contributed by atoms with E-state index in [-0.39, 0.29) is 5.91 Å². The van der Waals surface area contributed by atoms with Gasteiger partial charge in [-0.1, -0.05) is 24.6 Å². The summed E-state index contributed by atoms with van der Waals surface area (Å²) in [7, 11) is 0. The predicted octanol–water partition coefficient (Wildman–Crippen LogP) is 3.02. The van der Waals surface area contributed by atoms with Crippen LogP contribution >= 0.6 is 0 Å². The largest absolute Gasteiger partial charge is 0.338 e. The number of carbonyl (C=O) groups is 1. The van der Waals surface area contributed by atoms with Crippen LogP contribution in [0.3, 0.4) is 0 Å². The molecule has 0 bridgehead atoms. The van der Waals surface area contributed by atoms with Gasteiger partial charge in [-0.2, -0.15) is 0 Å². The predicted molar refractivity (Wildman–Crippen MR) is 91.9 cm³/mol. The summed E-state index contributed by atoms with van der Waals surface area (Å²) < 4.78 is 2.33. The van der Waals surface area contributed by atoms with Crippen LogP contribution in [0.4, 0.5) is 0 Å². The van der Waals surface area contributed by atoms with Crippen LogP contribution in [-0.2, 0) is 13.0 Å². The first-order valence-corrected chi connectivity index (χ1v) is 9.09. The molecule has 1 amide bonds. The van der Waals surface area contributed by atoms with Gasteiger partial charge in [-0.05, 0) is 37.8 Å². The molecule has 0 radical (unpaired) electrons. The van der Waals surface area contributed by atoms with Crippen molar-refractivity contribution in [1.29, 1.82) is 0 Å². The molecule has 2 aliphatic heterocycles. The Hall–Kier alpha value is -2.17. The number of nitrogens with zero attached hydrogens (tertiary/aromatic N) is 4. The van der Waals surface area contributed by atoms with E-state index >= 15 is 0 Å². The van der Waals surface area contributed by atoms with Crippen molar-refractivity contribution in [3.8, 4) is 0 Å². The Morgan fingerprint density at radius 2 is 1.88 bits per heavy atom. The lowest BCUT2D eigenvalue weighted by Gasteiger charge is -2.32. The van der Waals surface area contributed by atoms with E-state index in [1.807, 2.05) is 35.2 Å². The van der Waals surface area contributed by atoms with Crippen LogP contribution in [0.15, 0.2) is 30.3 Å². The molecular formula is C19H24N4O. The Balaban J connectivity index is 1.53. The maximum atomic E-state index is 12.7. The van der Waals surface area contributed by atoms with Crippen LogP contribution in [0.1, 0.15) is 60.0 Å². The molecule has 2 aromatic rings. The van der Waals surface area contributed by atoms with Gasteiger partial charge in [-0.25, -0.2) is 0 Å². The van der Waals surface area contributed by atoms with Gasteiger partial charge in [0.25, 0.3) is 5.91 Å². The Kier molecular flexibility index (Phi) is 4.32. The zero-order chi connectivity index (χ0) is 16.4. The van der Waals surface area contributed by atoms with Gasteiger partial charge in [0.05, 0.1) is 0 Å². The molecule has 0 saturated carbocycles. The van der Waals surface area contributed by atoms with Crippen molar-refractivity contribution in [3.05, 3.63) is 47.5 Å². The Bertz CT molecular complexity index is 709. The smallest absolute Gasteiger partial charge is 0.253 e. The van der Waals surface area contributed by atoms with Gasteiger partial charge in [0.2, 0.25) is 0 Å². The molecule has 5 heteroatoms. The highest BCUT2D eigenvalue weighted by atomic mass is 16.2. The van der Waals surface area contributed by atoms with Gasteiger partial charge in [0, 0.05) is 37.5 Å². The summed E-state index contributed by atoms with van der Waals surface area (Å²) in [4.78, 5) is 14.7. The van der Waals surface area contributed by atoms with Crippen molar-refractivity contribution in [2.75, 3.05) is 13.1 Å². The van der Waals surface area contributed by atoms with Crippen molar-refractivity contribution < 1.29 is 4.79 Å².